The van der Waals surface area contributed by atoms with E-state index in [-0.39, 0.29) is 36.4 Å². The molecule has 0 spiro atoms. The molecule has 0 radical (unpaired) electrons. The first kappa shape index (κ1) is 28.6. The summed E-state index contributed by atoms with van der Waals surface area (Å²) >= 11 is 14.6. The SMILES string of the molecule is O=C1NC(=O)C2C1CC=C1C2CC2(Cl)C(=O)N(c3ccc(F)cc3)C(=O)C2(Cl)C1c1ccc(OCc2ccccc2)cc1O. The van der Waals surface area contributed by atoms with Crippen molar-refractivity contribution in [1.82, 2.24) is 5.32 Å². The topological polar surface area (TPSA) is 113 Å². The fourth-order valence-corrected chi connectivity index (χ4v) is 8.18. The Morgan fingerprint density at radius 2 is 1.66 bits per heavy atom. The van der Waals surface area contributed by atoms with Gasteiger partial charge in [0.25, 0.3) is 11.8 Å². The second-order valence-electron chi connectivity index (χ2n) is 11.6. The highest BCUT2D eigenvalue weighted by atomic mass is 35.5. The summed E-state index contributed by atoms with van der Waals surface area (Å²) in [5.41, 5.74) is 1.74. The minimum absolute atomic E-state index is 0.0760. The van der Waals surface area contributed by atoms with Gasteiger partial charge in [-0.25, -0.2) is 9.29 Å². The molecule has 3 aromatic rings. The van der Waals surface area contributed by atoms with E-state index < -0.39 is 62.9 Å². The van der Waals surface area contributed by atoms with Crippen LogP contribution in [0.25, 0.3) is 0 Å². The van der Waals surface area contributed by atoms with E-state index >= 15 is 0 Å². The molecule has 2 heterocycles. The lowest BCUT2D eigenvalue weighted by Gasteiger charge is -2.50. The Balaban J connectivity index is 1.35. The number of carbonyl (C=O) groups is 4. The smallest absolute Gasteiger partial charge is 0.258 e. The highest BCUT2D eigenvalue weighted by Gasteiger charge is 2.76. The van der Waals surface area contributed by atoms with Crippen molar-refractivity contribution in [3.63, 3.8) is 0 Å². The van der Waals surface area contributed by atoms with Crippen LogP contribution in [-0.4, -0.2) is 38.5 Å². The monoisotopic (exact) mass is 634 g/mol. The molecule has 4 aliphatic rings. The second-order valence-corrected chi connectivity index (χ2v) is 12.8. The summed E-state index contributed by atoms with van der Waals surface area (Å²) in [4.78, 5) is 50.8. The fraction of sp³-hybridized carbons (Fsp3) is 0.273. The van der Waals surface area contributed by atoms with Crippen LogP contribution in [0.15, 0.2) is 84.4 Å². The quantitative estimate of drug-likeness (QED) is 0.233. The highest BCUT2D eigenvalue weighted by Crippen LogP contribution is 2.66. The molecular weight excluding hydrogens is 610 g/mol. The van der Waals surface area contributed by atoms with Crippen molar-refractivity contribution in [2.24, 2.45) is 17.8 Å². The lowest BCUT2D eigenvalue weighted by Crippen LogP contribution is -2.60. The van der Waals surface area contributed by atoms with Crippen LogP contribution in [0, 0.1) is 23.6 Å². The summed E-state index contributed by atoms with van der Waals surface area (Å²) in [5.74, 6) is -6.43. The maximum absolute atomic E-state index is 14.3. The summed E-state index contributed by atoms with van der Waals surface area (Å²) in [5, 5.41) is 13.8. The Morgan fingerprint density at radius 1 is 0.932 bits per heavy atom. The molecule has 0 aromatic heterocycles. The van der Waals surface area contributed by atoms with Gasteiger partial charge < -0.3 is 9.84 Å². The number of imide groups is 2. The predicted molar refractivity (Wildman–Crippen MR) is 159 cm³/mol. The number of phenolic OH excluding ortho intramolecular Hbond substituents is 1. The zero-order valence-corrected chi connectivity index (χ0v) is 24.5. The standard InChI is InChI=1S/C33H25Cl2FN2O6/c34-32-15-24-21(12-13-23-26(24)29(41)37-28(23)40)27(22-11-10-20(14-25(22)39)44-16-17-4-2-1-3-5-17)33(32,35)31(43)38(30(32)42)19-8-6-18(36)7-9-19/h1-12,14,23-24,26-27,39H,13,15-16H2,(H,37,40,41). The van der Waals surface area contributed by atoms with E-state index in [0.717, 1.165) is 22.6 Å². The van der Waals surface area contributed by atoms with Crippen LogP contribution in [0.5, 0.6) is 11.5 Å². The van der Waals surface area contributed by atoms with Crippen molar-refractivity contribution in [2.45, 2.75) is 35.1 Å². The van der Waals surface area contributed by atoms with Gasteiger partial charge in [-0.1, -0.05) is 48.0 Å². The number of halogens is 3. The molecule has 6 atom stereocenters. The maximum atomic E-state index is 14.3. The number of hydrogen-bond donors (Lipinski definition) is 2. The summed E-state index contributed by atoms with van der Waals surface area (Å²) in [6.45, 7) is 0.242. The number of benzene rings is 3. The normalized spacial score (nSPS) is 30.8. The molecule has 3 aromatic carbocycles. The molecule has 7 rings (SSSR count). The molecule has 44 heavy (non-hydrogen) atoms. The number of nitrogens with zero attached hydrogens (tertiary/aromatic N) is 1. The van der Waals surface area contributed by atoms with Gasteiger partial charge in [-0.3, -0.25) is 24.5 Å². The summed E-state index contributed by atoms with van der Waals surface area (Å²) in [7, 11) is 0. The van der Waals surface area contributed by atoms with Gasteiger partial charge in [0.15, 0.2) is 9.75 Å². The van der Waals surface area contributed by atoms with Crippen LogP contribution in [0.4, 0.5) is 10.1 Å². The van der Waals surface area contributed by atoms with E-state index in [1.54, 1.807) is 18.2 Å². The molecule has 2 N–H and O–H groups in total. The van der Waals surface area contributed by atoms with E-state index in [0.29, 0.717) is 11.3 Å². The lowest BCUT2D eigenvalue weighted by molar-refractivity contribution is -0.127. The summed E-state index contributed by atoms with van der Waals surface area (Å²) < 4.78 is 19.6. The molecule has 2 aliphatic heterocycles. The number of fused-ring (bicyclic) bond motifs is 4. The van der Waals surface area contributed by atoms with Crippen molar-refractivity contribution in [3.8, 4) is 11.5 Å². The van der Waals surface area contributed by atoms with Gasteiger partial charge in [-0.05, 0) is 54.7 Å². The van der Waals surface area contributed by atoms with Crippen molar-refractivity contribution < 1.29 is 33.4 Å². The third-order valence-electron chi connectivity index (χ3n) is 9.30. The average molecular weight is 635 g/mol. The number of nitrogens with one attached hydrogen (secondary N) is 1. The molecule has 11 heteroatoms. The number of carbonyl (C=O) groups excluding carboxylic acids is 4. The van der Waals surface area contributed by atoms with Gasteiger partial charge in [0.05, 0.1) is 17.5 Å². The first-order valence-corrected chi connectivity index (χ1v) is 14.9. The third-order valence-corrected chi connectivity index (χ3v) is 10.7. The van der Waals surface area contributed by atoms with Gasteiger partial charge in [-0.15, -0.1) is 23.2 Å². The molecule has 2 saturated heterocycles. The first-order chi connectivity index (χ1) is 21.0. The number of ether oxygens (including phenoxy) is 1. The van der Waals surface area contributed by atoms with Crippen LogP contribution >= 0.6 is 23.2 Å². The van der Waals surface area contributed by atoms with Crippen molar-refractivity contribution in [1.29, 1.82) is 0 Å². The number of rotatable bonds is 5. The molecule has 3 fully saturated rings. The largest absolute Gasteiger partial charge is 0.508 e. The van der Waals surface area contributed by atoms with Gasteiger partial charge in [0.2, 0.25) is 11.8 Å². The number of phenols is 1. The molecule has 4 amide bonds. The molecule has 1 saturated carbocycles. The Morgan fingerprint density at radius 3 is 2.36 bits per heavy atom. The minimum atomic E-state index is -2.14. The fourth-order valence-electron chi connectivity index (χ4n) is 7.25. The van der Waals surface area contributed by atoms with E-state index in [4.69, 9.17) is 27.9 Å². The van der Waals surface area contributed by atoms with Crippen molar-refractivity contribution in [3.05, 3.63) is 101 Å². The first-order valence-electron chi connectivity index (χ1n) is 14.1. The van der Waals surface area contributed by atoms with Crippen LogP contribution in [0.1, 0.15) is 29.9 Å². The Kier molecular flexibility index (Phi) is 6.60. The van der Waals surface area contributed by atoms with Crippen LogP contribution in [-0.2, 0) is 25.8 Å². The molecule has 0 bridgehead atoms. The number of allylic oxidation sites excluding steroid dienone is 2. The summed E-state index contributed by atoms with van der Waals surface area (Å²) in [6.07, 6.45) is 1.77. The van der Waals surface area contributed by atoms with Crippen LogP contribution < -0.4 is 15.0 Å². The number of anilines is 1. The number of alkyl halides is 2. The highest BCUT2D eigenvalue weighted by molar-refractivity contribution is 6.58. The van der Waals surface area contributed by atoms with Crippen molar-refractivity contribution >= 4 is 52.5 Å². The number of hydrogen-bond acceptors (Lipinski definition) is 6. The van der Waals surface area contributed by atoms with Gasteiger partial charge in [0, 0.05) is 17.5 Å². The molecule has 6 unspecified atom stereocenters. The number of amides is 4. The second kappa shape index (κ2) is 10.2. The third kappa shape index (κ3) is 4.02. The van der Waals surface area contributed by atoms with E-state index in [1.165, 1.54) is 18.2 Å². The molecule has 2 aliphatic carbocycles. The molecular formula is C33H25Cl2FN2O6. The van der Waals surface area contributed by atoms with Gasteiger partial charge >= 0.3 is 0 Å². The van der Waals surface area contributed by atoms with E-state index in [1.807, 2.05) is 30.3 Å². The zero-order valence-electron chi connectivity index (χ0n) is 23.0. The van der Waals surface area contributed by atoms with E-state index in [2.05, 4.69) is 5.32 Å². The zero-order chi connectivity index (χ0) is 31.0. The lowest BCUT2D eigenvalue weighted by atomic mass is 9.56. The maximum Gasteiger partial charge on any atom is 0.258 e. The van der Waals surface area contributed by atoms with Crippen molar-refractivity contribution in [2.75, 3.05) is 4.90 Å². The van der Waals surface area contributed by atoms with Gasteiger partial charge in [-0.2, -0.15) is 0 Å². The predicted octanol–water partition coefficient (Wildman–Crippen LogP) is 4.96. The Bertz CT molecular complexity index is 1770. The summed E-state index contributed by atoms with van der Waals surface area (Å²) in [6, 6.07) is 18.8. The average Bonchev–Trinajstić information content (AvgIpc) is 3.38. The van der Waals surface area contributed by atoms with Crippen LogP contribution in [0.3, 0.4) is 0 Å². The Labute approximate surface area is 261 Å². The van der Waals surface area contributed by atoms with Gasteiger partial charge in [0.1, 0.15) is 23.9 Å². The van der Waals surface area contributed by atoms with E-state index in [9.17, 15) is 28.7 Å². The number of aromatic hydroxyl groups is 1. The molecule has 8 nitrogen and oxygen atoms in total. The molecule has 224 valence electrons. The minimum Gasteiger partial charge on any atom is -0.508 e. The Hall–Kier alpha value is -4.21. The van der Waals surface area contributed by atoms with Crippen LogP contribution in [0.2, 0.25) is 0 Å².